The van der Waals surface area contributed by atoms with E-state index < -0.39 is 10.0 Å². The van der Waals surface area contributed by atoms with Crippen molar-refractivity contribution in [2.45, 2.75) is 4.90 Å². The number of halogens is 2. The highest BCUT2D eigenvalue weighted by molar-refractivity contribution is 9.10. The quantitative estimate of drug-likeness (QED) is 0.763. The van der Waals surface area contributed by atoms with E-state index in [1.807, 2.05) is 0 Å². The summed E-state index contributed by atoms with van der Waals surface area (Å²) in [6, 6.07) is 7.57. The maximum absolute atomic E-state index is 12.4. The van der Waals surface area contributed by atoms with Crippen LogP contribution >= 0.6 is 39.7 Å². The molecule has 110 valence electrons. The third-order valence-electron chi connectivity index (χ3n) is 2.47. The van der Waals surface area contributed by atoms with E-state index in [4.69, 9.17) is 29.6 Å². The zero-order valence-electron chi connectivity index (χ0n) is 10.4. The second-order valence-electron chi connectivity index (χ2n) is 3.94. The van der Waals surface area contributed by atoms with Crippen LogP contribution < -0.4 is 10.5 Å². The molecule has 0 saturated carbocycles. The number of nitrogens with one attached hydrogen (secondary N) is 1. The average molecular weight is 407 g/mol. The maximum Gasteiger partial charge on any atom is 0.264 e. The van der Waals surface area contributed by atoms with E-state index in [0.717, 1.165) is 0 Å². The Morgan fingerprint density at radius 1 is 1.38 bits per heavy atom. The Bertz CT molecular complexity index is 812. The molecule has 0 aliphatic rings. The van der Waals surface area contributed by atoms with Crippen LogP contribution in [0.5, 0.6) is 0 Å². The van der Waals surface area contributed by atoms with Crippen molar-refractivity contribution >= 4 is 60.4 Å². The Labute approximate surface area is 140 Å². The van der Waals surface area contributed by atoms with Crippen molar-refractivity contribution in [1.82, 2.24) is 4.98 Å². The molecule has 5 nitrogen and oxygen atoms in total. The summed E-state index contributed by atoms with van der Waals surface area (Å²) in [6.07, 6.45) is 1.42. The molecule has 0 amide bonds. The van der Waals surface area contributed by atoms with Gasteiger partial charge >= 0.3 is 0 Å². The van der Waals surface area contributed by atoms with Crippen LogP contribution in [0.4, 0.5) is 5.69 Å². The van der Waals surface area contributed by atoms with Crippen molar-refractivity contribution in [2.24, 2.45) is 5.73 Å². The monoisotopic (exact) mass is 405 g/mol. The van der Waals surface area contributed by atoms with Crippen LogP contribution in [0, 0.1) is 0 Å². The first-order valence-corrected chi connectivity index (χ1v) is 8.60. The molecular formula is C12H9BrClN3O2S2. The number of hydrogen-bond acceptors (Lipinski definition) is 4. The molecule has 2 rings (SSSR count). The number of benzene rings is 1. The first-order valence-electron chi connectivity index (χ1n) is 5.54. The van der Waals surface area contributed by atoms with Gasteiger partial charge in [-0.15, -0.1) is 0 Å². The summed E-state index contributed by atoms with van der Waals surface area (Å²) in [6.45, 7) is 0. The van der Waals surface area contributed by atoms with E-state index in [0.29, 0.717) is 15.2 Å². The van der Waals surface area contributed by atoms with Crippen molar-refractivity contribution < 1.29 is 8.42 Å². The summed E-state index contributed by atoms with van der Waals surface area (Å²) in [5.41, 5.74) is 5.90. The molecule has 0 unspecified atom stereocenters. The molecule has 2 aromatic rings. The van der Waals surface area contributed by atoms with Gasteiger partial charge in [0.25, 0.3) is 10.0 Å². The van der Waals surface area contributed by atoms with E-state index >= 15 is 0 Å². The lowest BCUT2D eigenvalue weighted by Crippen LogP contribution is -2.21. The molecular weight excluding hydrogens is 398 g/mol. The zero-order valence-corrected chi connectivity index (χ0v) is 14.4. The Morgan fingerprint density at radius 3 is 2.71 bits per heavy atom. The lowest BCUT2D eigenvalue weighted by molar-refractivity contribution is 0.600. The number of nitrogens with two attached hydrogens (primary N) is 1. The number of rotatable bonds is 4. The number of aromatic nitrogens is 1. The summed E-state index contributed by atoms with van der Waals surface area (Å²) >= 11 is 13.9. The summed E-state index contributed by atoms with van der Waals surface area (Å²) in [7, 11) is -3.88. The Kier molecular flexibility index (Phi) is 4.82. The zero-order chi connectivity index (χ0) is 15.6. The average Bonchev–Trinajstić information content (AvgIpc) is 2.42. The van der Waals surface area contributed by atoms with Gasteiger partial charge in [0.15, 0.2) is 0 Å². The normalized spacial score (nSPS) is 11.1. The predicted molar refractivity (Wildman–Crippen MR) is 90.1 cm³/mol. The van der Waals surface area contributed by atoms with Crippen LogP contribution in [-0.2, 0) is 10.0 Å². The van der Waals surface area contributed by atoms with Gasteiger partial charge in [0, 0.05) is 15.7 Å². The second kappa shape index (κ2) is 6.27. The number of hydrogen-bond donors (Lipinski definition) is 2. The Balaban J connectivity index is 2.46. The summed E-state index contributed by atoms with van der Waals surface area (Å²) in [4.78, 5) is 3.73. The Hall–Kier alpha value is -1.22. The predicted octanol–water partition coefficient (Wildman–Crippen LogP) is 2.93. The van der Waals surface area contributed by atoms with Crippen LogP contribution in [0.3, 0.4) is 0 Å². The number of nitrogens with zero attached hydrogens (tertiary/aromatic N) is 1. The molecule has 0 bridgehead atoms. The van der Waals surface area contributed by atoms with Crippen LogP contribution in [0.15, 0.2) is 45.9 Å². The van der Waals surface area contributed by atoms with Gasteiger partial charge in [0.2, 0.25) is 0 Å². The van der Waals surface area contributed by atoms with Crippen molar-refractivity contribution in [2.75, 3.05) is 4.72 Å². The van der Waals surface area contributed by atoms with Gasteiger partial charge in [0.05, 0.1) is 5.69 Å². The smallest absolute Gasteiger partial charge is 0.264 e. The molecule has 1 heterocycles. The molecule has 21 heavy (non-hydrogen) atoms. The lowest BCUT2D eigenvalue weighted by atomic mass is 10.3. The summed E-state index contributed by atoms with van der Waals surface area (Å²) in [5.74, 6) is 0. The standard InChI is InChI=1S/C12H9BrClN3O2S2/c13-8-6-7(14)3-4-9(8)17-21(18,19)10-2-1-5-16-11(10)12(15)20/h1-6,17H,(H2,15,20). The summed E-state index contributed by atoms with van der Waals surface area (Å²) < 4.78 is 27.8. The molecule has 9 heteroatoms. The van der Waals surface area contributed by atoms with Gasteiger partial charge in [-0.25, -0.2) is 8.42 Å². The minimum absolute atomic E-state index is 0.0464. The van der Waals surface area contributed by atoms with Gasteiger partial charge in [0.1, 0.15) is 15.6 Å². The number of thiocarbonyl (C=S) groups is 1. The highest BCUT2D eigenvalue weighted by Gasteiger charge is 2.21. The van der Waals surface area contributed by atoms with E-state index in [9.17, 15) is 8.42 Å². The number of sulfonamides is 1. The van der Waals surface area contributed by atoms with Crippen molar-refractivity contribution in [3.63, 3.8) is 0 Å². The SMILES string of the molecule is NC(=S)c1ncccc1S(=O)(=O)Nc1ccc(Cl)cc1Br. The van der Waals surface area contributed by atoms with Gasteiger partial charge in [-0.1, -0.05) is 23.8 Å². The fourth-order valence-corrected chi connectivity index (χ4v) is 3.96. The van der Waals surface area contributed by atoms with Gasteiger partial charge in [-0.05, 0) is 46.3 Å². The third-order valence-corrected chi connectivity index (χ3v) is 4.95. The van der Waals surface area contributed by atoms with E-state index in [2.05, 4.69) is 25.6 Å². The van der Waals surface area contributed by atoms with E-state index in [1.165, 1.54) is 18.3 Å². The van der Waals surface area contributed by atoms with Crippen molar-refractivity contribution in [1.29, 1.82) is 0 Å². The maximum atomic E-state index is 12.4. The Morgan fingerprint density at radius 2 is 2.10 bits per heavy atom. The van der Waals surface area contributed by atoms with Crippen LogP contribution in [0.1, 0.15) is 5.69 Å². The fraction of sp³-hybridized carbons (Fsp3) is 0. The van der Waals surface area contributed by atoms with Crippen molar-refractivity contribution in [3.8, 4) is 0 Å². The second-order valence-corrected chi connectivity index (χ2v) is 7.33. The van der Waals surface area contributed by atoms with Crippen LogP contribution in [-0.4, -0.2) is 18.4 Å². The first-order chi connectivity index (χ1) is 9.81. The number of pyridine rings is 1. The lowest BCUT2D eigenvalue weighted by Gasteiger charge is -2.12. The molecule has 0 aliphatic carbocycles. The van der Waals surface area contributed by atoms with E-state index in [-0.39, 0.29) is 15.6 Å². The van der Waals surface area contributed by atoms with Gasteiger partial charge in [-0.2, -0.15) is 0 Å². The molecule has 0 radical (unpaired) electrons. The molecule has 0 saturated heterocycles. The van der Waals surface area contributed by atoms with E-state index in [1.54, 1.807) is 18.2 Å². The molecule has 1 aromatic heterocycles. The molecule has 3 N–H and O–H groups in total. The molecule has 0 aliphatic heterocycles. The molecule has 0 spiro atoms. The number of anilines is 1. The topological polar surface area (TPSA) is 85.1 Å². The highest BCUT2D eigenvalue weighted by Crippen LogP contribution is 2.28. The van der Waals surface area contributed by atoms with Crippen LogP contribution in [0.25, 0.3) is 0 Å². The minimum atomic E-state index is -3.88. The third kappa shape index (κ3) is 3.70. The first kappa shape index (κ1) is 16.2. The van der Waals surface area contributed by atoms with Crippen molar-refractivity contribution in [3.05, 3.63) is 51.7 Å². The summed E-state index contributed by atoms with van der Waals surface area (Å²) in [5, 5.41) is 0.482. The fourth-order valence-electron chi connectivity index (χ4n) is 1.56. The largest absolute Gasteiger partial charge is 0.388 e. The van der Waals surface area contributed by atoms with Gasteiger partial charge in [-0.3, -0.25) is 9.71 Å². The van der Waals surface area contributed by atoms with Gasteiger partial charge < -0.3 is 5.73 Å². The minimum Gasteiger partial charge on any atom is -0.388 e. The molecule has 0 atom stereocenters. The molecule has 0 fully saturated rings. The molecule has 1 aromatic carbocycles. The highest BCUT2D eigenvalue weighted by atomic mass is 79.9. The van der Waals surface area contributed by atoms with Crippen LogP contribution in [0.2, 0.25) is 5.02 Å².